The van der Waals surface area contributed by atoms with E-state index >= 15 is 0 Å². The van der Waals surface area contributed by atoms with Gasteiger partial charge in [0.25, 0.3) is 5.88 Å². The predicted molar refractivity (Wildman–Crippen MR) is 71.5 cm³/mol. The summed E-state index contributed by atoms with van der Waals surface area (Å²) in [4.78, 5) is 4.00. The van der Waals surface area contributed by atoms with E-state index < -0.39 is 0 Å². The Bertz CT molecular complexity index is 430. The molecule has 0 bridgehead atoms. The Hall–Kier alpha value is -1.16. The van der Waals surface area contributed by atoms with Gasteiger partial charge >= 0.3 is 0 Å². The molecule has 0 unspecified atom stereocenters. The number of halogens is 1. The van der Waals surface area contributed by atoms with Gasteiger partial charge in [0.1, 0.15) is 0 Å². The van der Waals surface area contributed by atoms with Gasteiger partial charge in [-0.2, -0.15) is 0 Å². The third kappa shape index (κ3) is 3.44. The van der Waals surface area contributed by atoms with Crippen molar-refractivity contribution >= 4 is 0 Å². The third-order valence-electron chi connectivity index (χ3n) is 4.09. The molecule has 2 saturated carbocycles. The number of nitrogens with zero attached hydrogens (tertiary/aromatic N) is 1. The van der Waals surface area contributed by atoms with Crippen molar-refractivity contribution in [3.05, 3.63) is 23.6 Å². The second-order valence-corrected chi connectivity index (χ2v) is 5.68. The molecule has 2 aliphatic carbocycles. The van der Waals surface area contributed by atoms with Gasteiger partial charge in [-0.15, -0.1) is 0 Å². The lowest BCUT2D eigenvalue weighted by Gasteiger charge is -2.24. The number of aromatic nitrogens is 1. The van der Waals surface area contributed by atoms with Gasteiger partial charge in [0.2, 0.25) is 0 Å². The molecule has 2 fully saturated rings. The first-order chi connectivity index (χ1) is 9.33. The molecule has 0 spiro atoms. The molecule has 0 radical (unpaired) electrons. The molecule has 1 aromatic rings. The highest BCUT2D eigenvalue weighted by molar-refractivity contribution is 5.23. The molecule has 1 heterocycles. The summed E-state index contributed by atoms with van der Waals surface area (Å²) in [6, 6.07) is 2.30. The van der Waals surface area contributed by atoms with Crippen molar-refractivity contribution in [2.45, 2.75) is 51.1 Å². The van der Waals surface area contributed by atoms with Crippen molar-refractivity contribution < 1.29 is 9.13 Å². The first-order valence-electron chi connectivity index (χ1n) is 7.32. The SMILES string of the molecule is Fc1c(CNC2CC2)ccnc1OCCC1CCC1. The highest BCUT2D eigenvalue weighted by atomic mass is 19.1. The molecule has 1 N–H and O–H groups in total. The van der Waals surface area contributed by atoms with Crippen LogP contribution >= 0.6 is 0 Å². The molecule has 3 nitrogen and oxygen atoms in total. The quantitative estimate of drug-likeness (QED) is 0.822. The van der Waals surface area contributed by atoms with Gasteiger partial charge in [-0.05, 0) is 31.2 Å². The van der Waals surface area contributed by atoms with Crippen molar-refractivity contribution in [3.63, 3.8) is 0 Å². The lowest BCUT2D eigenvalue weighted by Crippen LogP contribution is -2.17. The van der Waals surface area contributed by atoms with E-state index in [1.54, 1.807) is 12.3 Å². The first-order valence-corrected chi connectivity index (χ1v) is 7.32. The Morgan fingerprint density at radius 3 is 2.84 bits per heavy atom. The van der Waals surface area contributed by atoms with Gasteiger partial charge in [0.05, 0.1) is 6.61 Å². The monoisotopic (exact) mass is 264 g/mol. The Morgan fingerprint density at radius 1 is 1.32 bits per heavy atom. The van der Waals surface area contributed by atoms with E-state index in [0.29, 0.717) is 24.8 Å². The van der Waals surface area contributed by atoms with E-state index in [2.05, 4.69) is 10.3 Å². The van der Waals surface area contributed by atoms with Crippen LogP contribution in [0, 0.1) is 11.7 Å². The highest BCUT2D eigenvalue weighted by Crippen LogP contribution is 2.29. The fourth-order valence-corrected chi connectivity index (χ4v) is 2.34. The van der Waals surface area contributed by atoms with Crippen LogP contribution in [0.25, 0.3) is 0 Å². The molecular formula is C15H21FN2O. The van der Waals surface area contributed by atoms with Gasteiger partial charge < -0.3 is 10.1 Å². The standard InChI is InChI=1S/C15H21FN2O/c16-14-12(10-18-13-4-5-13)6-8-17-15(14)19-9-7-11-2-1-3-11/h6,8,11,13,18H,1-5,7,9-10H2. The van der Waals surface area contributed by atoms with Gasteiger partial charge in [-0.3, -0.25) is 0 Å². The van der Waals surface area contributed by atoms with E-state index in [1.807, 2.05) is 0 Å². The van der Waals surface area contributed by atoms with Crippen LogP contribution in [0.5, 0.6) is 5.88 Å². The molecule has 2 aliphatic rings. The summed E-state index contributed by atoms with van der Waals surface area (Å²) in [6.45, 7) is 1.14. The second kappa shape index (κ2) is 5.87. The first kappa shape index (κ1) is 12.9. The minimum absolute atomic E-state index is 0.162. The normalized spacial score (nSPS) is 19.2. The molecule has 0 atom stereocenters. The molecular weight excluding hydrogens is 243 g/mol. The third-order valence-corrected chi connectivity index (χ3v) is 4.09. The molecule has 3 rings (SSSR count). The number of nitrogens with one attached hydrogen (secondary N) is 1. The van der Waals surface area contributed by atoms with Crippen LogP contribution in [0.4, 0.5) is 4.39 Å². The number of hydrogen-bond donors (Lipinski definition) is 1. The highest BCUT2D eigenvalue weighted by Gasteiger charge is 2.21. The van der Waals surface area contributed by atoms with Gasteiger partial charge in [0.15, 0.2) is 5.82 Å². The lowest BCUT2D eigenvalue weighted by atomic mass is 9.83. The fraction of sp³-hybridized carbons (Fsp3) is 0.667. The van der Waals surface area contributed by atoms with Crippen LogP contribution in [0.3, 0.4) is 0 Å². The zero-order valence-corrected chi connectivity index (χ0v) is 11.2. The average Bonchev–Trinajstić information content (AvgIpc) is 3.16. The second-order valence-electron chi connectivity index (χ2n) is 5.68. The molecule has 4 heteroatoms. The summed E-state index contributed by atoms with van der Waals surface area (Å²) in [5.41, 5.74) is 0.653. The van der Waals surface area contributed by atoms with Crippen molar-refractivity contribution in [2.24, 2.45) is 5.92 Å². The summed E-state index contributed by atoms with van der Waals surface area (Å²) < 4.78 is 19.6. The van der Waals surface area contributed by atoms with Crippen LogP contribution in [0.1, 0.15) is 44.1 Å². The number of rotatable bonds is 7. The maximum absolute atomic E-state index is 14.1. The smallest absolute Gasteiger partial charge is 0.250 e. The summed E-state index contributed by atoms with van der Waals surface area (Å²) in [5, 5.41) is 3.31. The minimum atomic E-state index is -0.302. The summed E-state index contributed by atoms with van der Waals surface area (Å²) >= 11 is 0. The Morgan fingerprint density at radius 2 is 2.16 bits per heavy atom. The number of pyridine rings is 1. The van der Waals surface area contributed by atoms with E-state index in [-0.39, 0.29) is 11.7 Å². The van der Waals surface area contributed by atoms with Crippen LogP contribution in [0.2, 0.25) is 0 Å². The Balaban J connectivity index is 1.51. The van der Waals surface area contributed by atoms with E-state index in [1.165, 1.54) is 32.1 Å². The zero-order chi connectivity index (χ0) is 13.1. The lowest BCUT2D eigenvalue weighted by molar-refractivity contribution is 0.211. The van der Waals surface area contributed by atoms with Crippen LogP contribution < -0.4 is 10.1 Å². The number of ether oxygens (including phenoxy) is 1. The molecule has 0 aromatic carbocycles. The minimum Gasteiger partial charge on any atom is -0.476 e. The average molecular weight is 264 g/mol. The van der Waals surface area contributed by atoms with Gasteiger partial charge in [-0.1, -0.05) is 19.3 Å². The van der Waals surface area contributed by atoms with E-state index in [0.717, 1.165) is 12.3 Å². The van der Waals surface area contributed by atoms with Crippen LogP contribution in [0.15, 0.2) is 12.3 Å². The summed E-state index contributed by atoms with van der Waals surface area (Å²) in [7, 11) is 0. The largest absolute Gasteiger partial charge is 0.476 e. The Labute approximate surface area is 113 Å². The van der Waals surface area contributed by atoms with Crippen molar-refractivity contribution in [1.82, 2.24) is 10.3 Å². The molecule has 1 aromatic heterocycles. The molecule has 0 amide bonds. The van der Waals surface area contributed by atoms with Crippen molar-refractivity contribution in [1.29, 1.82) is 0 Å². The number of hydrogen-bond acceptors (Lipinski definition) is 3. The van der Waals surface area contributed by atoms with Crippen molar-refractivity contribution in [3.8, 4) is 5.88 Å². The van der Waals surface area contributed by atoms with Gasteiger partial charge in [-0.25, -0.2) is 9.37 Å². The maximum Gasteiger partial charge on any atom is 0.250 e. The fourth-order valence-electron chi connectivity index (χ4n) is 2.34. The molecule has 104 valence electrons. The molecule has 19 heavy (non-hydrogen) atoms. The van der Waals surface area contributed by atoms with Crippen LogP contribution in [-0.2, 0) is 6.54 Å². The molecule has 0 aliphatic heterocycles. The topological polar surface area (TPSA) is 34.2 Å². The van der Waals surface area contributed by atoms with Crippen molar-refractivity contribution in [2.75, 3.05) is 6.61 Å². The van der Waals surface area contributed by atoms with Crippen LogP contribution in [-0.4, -0.2) is 17.6 Å². The summed E-state index contributed by atoms with van der Waals surface area (Å²) in [5.74, 6) is 0.640. The summed E-state index contributed by atoms with van der Waals surface area (Å²) in [6.07, 6.45) is 8.99. The van der Waals surface area contributed by atoms with E-state index in [9.17, 15) is 4.39 Å². The predicted octanol–water partition coefficient (Wildman–Crippen LogP) is 3.04. The zero-order valence-electron chi connectivity index (χ0n) is 11.2. The van der Waals surface area contributed by atoms with Gasteiger partial charge in [0, 0.05) is 24.3 Å². The van der Waals surface area contributed by atoms with E-state index in [4.69, 9.17) is 4.74 Å². The molecule has 0 saturated heterocycles. The Kier molecular flexibility index (Phi) is 3.97. The maximum atomic E-state index is 14.1.